The molecule has 2 heterocycles. The number of aromatic nitrogens is 1. The zero-order chi connectivity index (χ0) is 32.5. The Morgan fingerprint density at radius 2 is 1.62 bits per heavy atom. The molecule has 3 aromatic carbocycles. The average Bonchev–Trinajstić information content (AvgIpc) is 3.53. The summed E-state index contributed by atoms with van der Waals surface area (Å²) in [5.41, 5.74) is 10.5. The molecule has 14 nitrogen and oxygen atoms in total. The van der Waals surface area contributed by atoms with Crippen LogP contribution in [0.3, 0.4) is 0 Å². The zero-order valence-electron chi connectivity index (χ0n) is 24.8. The highest BCUT2D eigenvalue weighted by atomic mass is 35.5. The van der Waals surface area contributed by atoms with E-state index in [0.717, 1.165) is 28.5 Å². The number of nitrogens with zero attached hydrogens (tertiary/aromatic N) is 1. The molecule has 15 heteroatoms. The minimum atomic E-state index is -1.26. The van der Waals surface area contributed by atoms with Gasteiger partial charge in [0.25, 0.3) is 11.8 Å². The quantitative estimate of drug-likeness (QED) is 0.108. The van der Waals surface area contributed by atoms with Gasteiger partial charge in [-0.1, -0.05) is 29.8 Å². The maximum atomic E-state index is 13.1. The number of benzene rings is 3. The average molecular weight is 668 g/mol. The van der Waals surface area contributed by atoms with Crippen molar-refractivity contribution >= 4 is 58.0 Å². The van der Waals surface area contributed by atoms with Crippen LogP contribution in [0.4, 0.5) is 10.5 Å². The van der Waals surface area contributed by atoms with Crippen molar-refractivity contribution in [2.24, 2.45) is 5.73 Å². The van der Waals surface area contributed by atoms with Crippen LogP contribution in [0.25, 0.3) is 10.9 Å². The molecule has 1 saturated heterocycles. The van der Waals surface area contributed by atoms with E-state index >= 15 is 0 Å². The van der Waals surface area contributed by atoms with Crippen molar-refractivity contribution in [3.63, 3.8) is 0 Å². The number of H-pyrrole nitrogens is 1. The molecule has 0 bridgehead atoms. The Labute approximate surface area is 273 Å². The third-order valence-corrected chi connectivity index (χ3v) is 7.04. The molecule has 1 fully saturated rings. The number of aliphatic carboxylic acids is 2. The fraction of sp³-hybridized carbons (Fsp3) is 0.156. The maximum Gasteiger partial charge on any atom is 0.328 e. The molecular weight excluding hydrogens is 634 g/mol. The fourth-order valence-corrected chi connectivity index (χ4v) is 4.81. The predicted octanol–water partition coefficient (Wildman–Crippen LogP) is 2.30. The summed E-state index contributed by atoms with van der Waals surface area (Å²) in [5, 5.41) is 22.9. The normalized spacial score (nSPS) is 13.7. The van der Waals surface area contributed by atoms with E-state index in [2.05, 4.69) is 15.6 Å². The van der Waals surface area contributed by atoms with Gasteiger partial charge < -0.3 is 42.5 Å². The van der Waals surface area contributed by atoms with Crippen LogP contribution in [0.2, 0.25) is 5.02 Å². The number of anilines is 1. The number of urea groups is 1. The van der Waals surface area contributed by atoms with Crippen molar-refractivity contribution < 1.29 is 45.1 Å². The number of carboxylic acids is 2. The largest absolute Gasteiger partial charge is 0.478 e. The van der Waals surface area contributed by atoms with Gasteiger partial charge in [0.1, 0.15) is 6.04 Å². The monoisotopic (exact) mass is 667 g/mol. The van der Waals surface area contributed by atoms with Gasteiger partial charge in [-0.05, 0) is 78.2 Å². The third-order valence-electron chi connectivity index (χ3n) is 6.79. The van der Waals surface area contributed by atoms with E-state index in [1.54, 1.807) is 48.5 Å². The number of nitrogens with one attached hydrogen (secondary N) is 3. The number of carbonyl (C=O) groups excluding carboxylic acids is 3. The van der Waals surface area contributed by atoms with Gasteiger partial charge in [-0.15, -0.1) is 0 Å². The number of carboxylic acid groups (broad SMARTS) is 2. The molecule has 0 spiro atoms. The molecule has 248 valence electrons. The van der Waals surface area contributed by atoms with Crippen LogP contribution in [-0.2, 0) is 33.8 Å². The van der Waals surface area contributed by atoms with Gasteiger partial charge in [0, 0.05) is 51.9 Å². The summed E-state index contributed by atoms with van der Waals surface area (Å²) < 4.78 is 0. The van der Waals surface area contributed by atoms with Gasteiger partial charge >= 0.3 is 18.0 Å². The molecule has 1 atom stereocenters. The van der Waals surface area contributed by atoms with Crippen LogP contribution < -0.4 is 16.4 Å². The summed E-state index contributed by atoms with van der Waals surface area (Å²) in [6, 6.07) is 18.6. The lowest BCUT2D eigenvalue weighted by atomic mass is 10.0. The first kappa shape index (κ1) is 37.6. The number of rotatable bonds is 10. The molecule has 1 aliphatic heterocycles. The summed E-state index contributed by atoms with van der Waals surface area (Å²) in [7, 11) is 0. The number of hydrogen-bond acceptors (Lipinski definition) is 6. The van der Waals surface area contributed by atoms with Gasteiger partial charge in [-0.3, -0.25) is 14.5 Å². The van der Waals surface area contributed by atoms with Crippen molar-refractivity contribution in [3.05, 3.63) is 112 Å². The molecule has 4 aromatic rings. The van der Waals surface area contributed by atoms with Crippen LogP contribution in [0.5, 0.6) is 0 Å². The molecule has 0 aliphatic carbocycles. The van der Waals surface area contributed by atoms with Gasteiger partial charge in [0.2, 0.25) is 0 Å². The highest BCUT2D eigenvalue weighted by molar-refractivity contribution is 6.30. The van der Waals surface area contributed by atoms with E-state index in [4.69, 9.17) is 27.5 Å². The highest BCUT2D eigenvalue weighted by Crippen LogP contribution is 2.23. The second-order valence-electron chi connectivity index (χ2n) is 10.0. The van der Waals surface area contributed by atoms with Crippen molar-refractivity contribution in [3.8, 4) is 0 Å². The number of carbonyl (C=O) groups is 5. The number of aromatic amines is 1. The van der Waals surface area contributed by atoms with E-state index < -0.39 is 24.0 Å². The summed E-state index contributed by atoms with van der Waals surface area (Å²) in [6.45, 7) is 0.619. The topological polar surface area (TPSA) is 258 Å². The van der Waals surface area contributed by atoms with E-state index in [1.165, 1.54) is 4.90 Å². The second kappa shape index (κ2) is 17.2. The SMILES string of the molecule is NCCc1c[nH]c2ccc(CC3NC(=O)N(Cc4cccc(C(=O)Nc5ccc(Cl)cc5)c4)C3=O)cc12.O.O.O=C(O)/C=C\C(=O)O. The van der Waals surface area contributed by atoms with E-state index in [0.29, 0.717) is 47.0 Å². The van der Waals surface area contributed by atoms with Crippen molar-refractivity contribution in [2.75, 3.05) is 11.9 Å². The van der Waals surface area contributed by atoms with E-state index in [9.17, 15) is 24.0 Å². The molecule has 1 aromatic heterocycles. The van der Waals surface area contributed by atoms with Crippen LogP contribution in [0.15, 0.2) is 85.1 Å². The Morgan fingerprint density at radius 1 is 0.936 bits per heavy atom. The Kier molecular flexibility index (Phi) is 13.8. The number of amides is 4. The van der Waals surface area contributed by atoms with Gasteiger partial charge in [-0.2, -0.15) is 0 Å². The number of imide groups is 1. The van der Waals surface area contributed by atoms with Crippen molar-refractivity contribution in [2.45, 2.75) is 25.4 Å². The second-order valence-corrected chi connectivity index (χ2v) is 10.5. The van der Waals surface area contributed by atoms with Gasteiger partial charge in [0.15, 0.2) is 0 Å². The van der Waals surface area contributed by atoms with Crippen LogP contribution >= 0.6 is 11.6 Å². The van der Waals surface area contributed by atoms with Gasteiger partial charge in [-0.25, -0.2) is 14.4 Å². The summed E-state index contributed by atoms with van der Waals surface area (Å²) >= 11 is 5.90. The summed E-state index contributed by atoms with van der Waals surface area (Å²) in [6.07, 6.45) is 4.21. The number of nitrogens with two attached hydrogens (primary N) is 1. The molecule has 47 heavy (non-hydrogen) atoms. The molecule has 4 amide bonds. The molecule has 1 aliphatic rings. The molecule has 11 N–H and O–H groups in total. The van der Waals surface area contributed by atoms with E-state index in [1.807, 2.05) is 24.4 Å². The lowest BCUT2D eigenvalue weighted by molar-refractivity contribution is -0.134. The first-order valence-electron chi connectivity index (χ1n) is 13.7. The first-order valence-corrected chi connectivity index (χ1v) is 14.1. The predicted molar refractivity (Wildman–Crippen MR) is 175 cm³/mol. The molecule has 0 radical (unpaired) electrons. The van der Waals surface area contributed by atoms with Crippen molar-refractivity contribution in [1.29, 1.82) is 0 Å². The van der Waals surface area contributed by atoms with Crippen LogP contribution in [0.1, 0.15) is 27.0 Å². The number of hydrogen-bond donors (Lipinski definition) is 6. The number of fused-ring (bicyclic) bond motifs is 1. The fourth-order valence-electron chi connectivity index (χ4n) is 4.69. The summed E-state index contributed by atoms with van der Waals surface area (Å²) in [5.74, 6) is -3.11. The van der Waals surface area contributed by atoms with E-state index in [-0.39, 0.29) is 29.3 Å². The smallest absolute Gasteiger partial charge is 0.328 e. The lowest BCUT2D eigenvalue weighted by Gasteiger charge is -2.14. The third kappa shape index (κ3) is 10.2. The standard InChI is InChI=1S/C28H26ClN5O3.C4H4O4.2H2O/c29-21-5-7-22(8-6-21)32-26(35)19-3-1-2-18(12-19)16-34-27(36)25(33-28(34)37)14-17-4-9-24-23(13-17)20(10-11-30)15-31-24;5-3(6)1-2-4(7)8;;/h1-9,12-13,15,25,31H,10-11,14,16,30H2,(H,32,35)(H,33,37);1-2H,(H,5,6)(H,7,8);2*1H2/b;2-1-;;. The van der Waals surface area contributed by atoms with Crippen LogP contribution in [0, 0.1) is 0 Å². The van der Waals surface area contributed by atoms with Crippen molar-refractivity contribution in [1.82, 2.24) is 15.2 Å². The Balaban J connectivity index is 0.000000685. The zero-order valence-corrected chi connectivity index (χ0v) is 25.6. The molecule has 5 rings (SSSR count). The number of halogens is 1. The summed E-state index contributed by atoms with van der Waals surface area (Å²) in [4.78, 5) is 62.0. The molecular formula is C32H34ClN5O9. The lowest BCUT2D eigenvalue weighted by Crippen LogP contribution is -2.32. The Morgan fingerprint density at radius 3 is 2.26 bits per heavy atom. The Hall–Kier alpha value is -5.54. The minimum absolute atomic E-state index is 0. The van der Waals surface area contributed by atoms with Gasteiger partial charge in [0.05, 0.1) is 6.54 Å². The molecule has 0 saturated carbocycles. The molecule has 1 unspecified atom stereocenters. The highest BCUT2D eigenvalue weighted by Gasteiger charge is 2.38. The minimum Gasteiger partial charge on any atom is -0.478 e. The maximum absolute atomic E-state index is 13.1. The van der Waals surface area contributed by atoms with Crippen LogP contribution in [-0.4, -0.2) is 73.4 Å². The first-order chi connectivity index (χ1) is 21.5. The Bertz CT molecular complexity index is 1760.